The van der Waals surface area contributed by atoms with Crippen LogP contribution in [0, 0.1) is 0 Å². The zero-order valence-electron chi connectivity index (χ0n) is 19.9. The fourth-order valence-corrected chi connectivity index (χ4v) is 5.13. The third-order valence-corrected chi connectivity index (χ3v) is 7.40. The van der Waals surface area contributed by atoms with E-state index < -0.39 is 28.5 Å². The summed E-state index contributed by atoms with van der Waals surface area (Å²) in [5, 5.41) is 3.82. The van der Waals surface area contributed by atoms with Gasteiger partial charge in [-0.1, -0.05) is 73.3 Å². The monoisotopic (exact) mass is 561 g/mol. The lowest BCUT2D eigenvalue weighted by molar-refractivity contribution is -0.140. The average Bonchev–Trinajstić information content (AvgIpc) is 2.78. The number of hydrogen-bond acceptors (Lipinski definition) is 4. The van der Waals surface area contributed by atoms with Crippen molar-refractivity contribution in [3.63, 3.8) is 0 Å². The van der Waals surface area contributed by atoms with Crippen molar-refractivity contribution in [2.75, 3.05) is 23.7 Å². The highest BCUT2D eigenvalue weighted by molar-refractivity contribution is 7.92. The number of hydrogen-bond donors (Lipinski definition) is 1. The molecule has 0 bridgehead atoms. The van der Waals surface area contributed by atoms with Gasteiger partial charge < -0.3 is 10.2 Å². The van der Waals surface area contributed by atoms with E-state index in [9.17, 15) is 18.0 Å². The molecular weight excluding hydrogens is 533 g/mol. The summed E-state index contributed by atoms with van der Waals surface area (Å²) in [6.07, 6.45) is 3.02. The maximum Gasteiger partial charge on any atom is 0.244 e. The highest BCUT2D eigenvalue weighted by atomic mass is 35.5. The lowest BCUT2D eigenvalue weighted by atomic mass is 10.1. The molecule has 2 amide bonds. The summed E-state index contributed by atoms with van der Waals surface area (Å²) in [5.74, 6) is -0.887. The van der Waals surface area contributed by atoms with Crippen molar-refractivity contribution in [2.45, 2.75) is 45.7 Å². The van der Waals surface area contributed by atoms with Gasteiger partial charge in [0.15, 0.2) is 0 Å². The maximum atomic E-state index is 13.6. The van der Waals surface area contributed by atoms with E-state index in [2.05, 4.69) is 5.32 Å². The number of halogens is 3. The Labute approximate surface area is 222 Å². The van der Waals surface area contributed by atoms with Gasteiger partial charge in [-0.2, -0.15) is 0 Å². The van der Waals surface area contributed by atoms with Gasteiger partial charge in [0, 0.05) is 23.1 Å². The minimum absolute atomic E-state index is 0.00529. The summed E-state index contributed by atoms with van der Waals surface area (Å²) in [4.78, 5) is 28.0. The molecule has 7 nitrogen and oxygen atoms in total. The molecule has 0 aliphatic carbocycles. The van der Waals surface area contributed by atoms with Crippen molar-refractivity contribution in [1.29, 1.82) is 0 Å². The average molecular weight is 563 g/mol. The van der Waals surface area contributed by atoms with Crippen LogP contribution in [0.4, 0.5) is 5.69 Å². The molecule has 35 heavy (non-hydrogen) atoms. The van der Waals surface area contributed by atoms with Gasteiger partial charge in [-0.15, -0.1) is 0 Å². The molecule has 11 heteroatoms. The van der Waals surface area contributed by atoms with Gasteiger partial charge in [0.1, 0.15) is 12.6 Å². The molecule has 0 saturated carbocycles. The van der Waals surface area contributed by atoms with Crippen molar-refractivity contribution in [3.05, 3.63) is 63.1 Å². The zero-order valence-corrected chi connectivity index (χ0v) is 23.0. The highest BCUT2D eigenvalue weighted by Crippen LogP contribution is 2.28. The molecule has 0 saturated heterocycles. The van der Waals surface area contributed by atoms with Crippen molar-refractivity contribution in [2.24, 2.45) is 0 Å². The molecule has 0 fully saturated rings. The lowest BCUT2D eigenvalue weighted by Crippen LogP contribution is -2.52. The second kappa shape index (κ2) is 13.3. The quantitative estimate of drug-likeness (QED) is 0.363. The number of para-hydroxylation sites is 1. The van der Waals surface area contributed by atoms with Crippen LogP contribution in [0.15, 0.2) is 42.5 Å². The number of anilines is 1. The van der Waals surface area contributed by atoms with Crippen LogP contribution in [0.2, 0.25) is 15.1 Å². The predicted molar refractivity (Wildman–Crippen MR) is 143 cm³/mol. The Hall–Kier alpha value is -2.00. The maximum absolute atomic E-state index is 13.6. The van der Waals surface area contributed by atoms with E-state index in [4.69, 9.17) is 34.8 Å². The number of amides is 2. The van der Waals surface area contributed by atoms with Gasteiger partial charge in [0.2, 0.25) is 21.8 Å². The number of benzene rings is 2. The van der Waals surface area contributed by atoms with E-state index in [0.29, 0.717) is 28.6 Å². The van der Waals surface area contributed by atoms with Gasteiger partial charge in [0.25, 0.3) is 0 Å². The highest BCUT2D eigenvalue weighted by Gasteiger charge is 2.32. The van der Waals surface area contributed by atoms with Gasteiger partial charge in [-0.3, -0.25) is 13.9 Å². The summed E-state index contributed by atoms with van der Waals surface area (Å²) >= 11 is 18.6. The van der Waals surface area contributed by atoms with Crippen molar-refractivity contribution >= 4 is 62.3 Å². The SMILES string of the molecule is CCCCNC(=O)C(CC)N(Cc1ccc(Cl)cc1Cl)C(=O)CN(c1ccccc1Cl)S(C)(=O)=O. The normalized spacial score (nSPS) is 12.2. The third-order valence-electron chi connectivity index (χ3n) is 5.37. The van der Waals surface area contributed by atoms with Crippen LogP contribution < -0.4 is 9.62 Å². The molecule has 1 N–H and O–H groups in total. The molecule has 0 heterocycles. The van der Waals surface area contributed by atoms with Crippen LogP contribution in [0.5, 0.6) is 0 Å². The van der Waals surface area contributed by atoms with Crippen LogP contribution in [0.1, 0.15) is 38.7 Å². The molecule has 0 spiro atoms. The fraction of sp³-hybridized carbons (Fsp3) is 0.417. The molecule has 0 aliphatic heterocycles. The first-order valence-corrected chi connectivity index (χ1v) is 14.2. The van der Waals surface area contributed by atoms with Gasteiger partial charge >= 0.3 is 0 Å². The number of rotatable bonds is 12. The topological polar surface area (TPSA) is 86.8 Å². The number of carbonyl (C=O) groups is 2. The molecule has 2 aromatic rings. The Morgan fingerprint density at radius 1 is 1.03 bits per heavy atom. The Balaban J connectivity index is 2.45. The molecule has 0 aliphatic rings. The van der Waals surface area contributed by atoms with E-state index in [-0.39, 0.29) is 23.2 Å². The molecule has 2 rings (SSSR count). The number of carbonyl (C=O) groups excluding carboxylic acids is 2. The minimum Gasteiger partial charge on any atom is -0.354 e. The second-order valence-corrected chi connectivity index (χ2v) is 11.2. The van der Waals surface area contributed by atoms with Gasteiger partial charge in [-0.05, 0) is 42.7 Å². The molecule has 0 aromatic heterocycles. The van der Waals surface area contributed by atoms with Crippen LogP contribution >= 0.6 is 34.8 Å². The summed E-state index contributed by atoms with van der Waals surface area (Å²) < 4.78 is 26.2. The molecule has 0 radical (unpaired) electrons. The first-order valence-electron chi connectivity index (χ1n) is 11.2. The molecule has 1 unspecified atom stereocenters. The first-order chi connectivity index (χ1) is 16.5. The standard InChI is InChI=1S/C24H30Cl3N3O4S/c1-4-6-13-28-24(32)21(5-2)29(15-17-11-12-18(25)14-20(17)27)23(31)16-30(35(3,33)34)22-10-8-7-9-19(22)26/h7-12,14,21H,4-6,13,15-16H2,1-3H3,(H,28,32). The van der Waals surface area contributed by atoms with E-state index >= 15 is 0 Å². The molecular formula is C24H30Cl3N3O4S. The Bertz CT molecular complexity index is 1140. The summed E-state index contributed by atoms with van der Waals surface area (Å²) in [7, 11) is -3.87. The smallest absolute Gasteiger partial charge is 0.244 e. The largest absolute Gasteiger partial charge is 0.354 e. The van der Waals surface area contributed by atoms with Crippen LogP contribution in [0.3, 0.4) is 0 Å². The van der Waals surface area contributed by atoms with Crippen molar-refractivity contribution < 1.29 is 18.0 Å². The van der Waals surface area contributed by atoms with Crippen molar-refractivity contribution in [1.82, 2.24) is 10.2 Å². The molecule has 192 valence electrons. The Morgan fingerprint density at radius 3 is 2.29 bits per heavy atom. The van der Waals surface area contributed by atoms with E-state index in [0.717, 1.165) is 23.4 Å². The lowest BCUT2D eigenvalue weighted by Gasteiger charge is -2.33. The van der Waals surface area contributed by atoms with Crippen LogP contribution in [-0.2, 0) is 26.2 Å². The Kier molecular flexibility index (Phi) is 11.1. The second-order valence-electron chi connectivity index (χ2n) is 8.05. The van der Waals surface area contributed by atoms with Crippen LogP contribution in [0.25, 0.3) is 0 Å². The number of nitrogens with zero attached hydrogens (tertiary/aromatic N) is 2. The predicted octanol–water partition coefficient (Wildman–Crippen LogP) is 5.14. The first kappa shape index (κ1) is 29.2. The van der Waals surface area contributed by atoms with Gasteiger partial charge in [-0.25, -0.2) is 8.42 Å². The summed E-state index contributed by atoms with van der Waals surface area (Å²) in [6, 6.07) is 10.4. The number of nitrogens with one attached hydrogen (secondary N) is 1. The van der Waals surface area contributed by atoms with E-state index in [1.165, 1.54) is 11.0 Å². The van der Waals surface area contributed by atoms with Gasteiger partial charge in [0.05, 0.1) is 17.0 Å². The third kappa shape index (κ3) is 8.27. The minimum atomic E-state index is -3.87. The number of unbranched alkanes of at least 4 members (excludes halogenated alkanes) is 1. The molecule has 2 aromatic carbocycles. The van der Waals surface area contributed by atoms with Crippen molar-refractivity contribution in [3.8, 4) is 0 Å². The summed E-state index contributed by atoms with van der Waals surface area (Å²) in [5.41, 5.74) is 0.753. The fourth-order valence-electron chi connectivity index (χ4n) is 3.51. The number of sulfonamides is 1. The van der Waals surface area contributed by atoms with E-state index in [1.54, 1.807) is 43.3 Å². The van der Waals surface area contributed by atoms with E-state index in [1.807, 2.05) is 6.92 Å². The Morgan fingerprint density at radius 2 is 1.71 bits per heavy atom. The molecule has 1 atom stereocenters. The zero-order chi connectivity index (χ0) is 26.2. The van der Waals surface area contributed by atoms with Crippen LogP contribution in [-0.4, -0.2) is 50.5 Å². The summed E-state index contributed by atoms with van der Waals surface area (Å²) in [6.45, 7) is 3.73.